The minimum absolute atomic E-state index is 0.0660. The molecule has 0 bridgehead atoms. The van der Waals surface area contributed by atoms with Crippen molar-refractivity contribution in [1.82, 2.24) is 9.88 Å². The minimum Gasteiger partial charge on any atom is -0.331 e. The molecule has 116 valence electrons. The van der Waals surface area contributed by atoms with Gasteiger partial charge < -0.3 is 10.2 Å². The lowest BCUT2D eigenvalue weighted by atomic mass is 10.0. The second kappa shape index (κ2) is 5.39. The number of amides is 3. The van der Waals surface area contributed by atoms with Crippen LogP contribution >= 0.6 is 0 Å². The van der Waals surface area contributed by atoms with Gasteiger partial charge in [-0.25, -0.2) is 9.78 Å². The fourth-order valence-corrected chi connectivity index (χ4v) is 3.39. The molecular weight excluding hydrogens is 292 g/mol. The Balaban J connectivity index is 1.59. The van der Waals surface area contributed by atoms with Crippen LogP contribution in [0, 0.1) is 0 Å². The first kappa shape index (κ1) is 13.8. The largest absolute Gasteiger partial charge is 0.331 e. The lowest BCUT2D eigenvalue weighted by Crippen LogP contribution is -2.23. The lowest BCUT2D eigenvalue weighted by molar-refractivity contribution is 0.0776. The molecule has 1 fully saturated rings. The Morgan fingerprint density at radius 1 is 1.17 bits per heavy atom. The topological polar surface area (TPSA) is 74.3 Å². The van der Waals surface area contributed by atoms with Crippen molar-refractivity contribution in [2.75, 3.05) is 17.2 Å². The van der Waals surface area contributed by atoms with Crippen LogP contribution in [-0.2, 0) is 0 Å². The number of nitrogens with one attached hydrogen (secondary N) is 2. The van der Waals surface area contributed by atoms with E-state index in [1.807, 2.05) is 17.0 Å². The molecular formula is C17H16N4O2. The molecule has 0 radical (unpaired) electrons. The number of nitrogens with zero attached hydrogens (tertiary/aromatic N) is 2. The number of carbonyl (C=O) groups is 2. The van der Waals surface area contributed by atoms with Crippen LogP contribution in [0.4, 0.5) is 16.3 Å². The zero-order chi connectivity index (χ0) is 15.8. The highest BCUT2D eigenvalue weighted by atomic mass is 16.2. The second-order valence-electron chi connectivity index (χ2n) is 5.72. The van der Waals surface area contributed by atoms with E-state index in [0.717, 1.165) is 24.9 Å². The maximum absolute atomic E-state index is 12.4. The number of fused-ring (bicyclic) bond motifs is 3. The Morgan fingerprint density at radius 2 is 2.09 bits per heavy atom. The highest BCUT2D eigenvalue weighted by Crippen LogP contribution is 2.44. The molecule has 2 N–H and O–H groups in total. The molecule has 6 nitrogen and oxygen atoms in total. The van der Waals surface area contributed by atoms with Gasteiger partial charge in [0.2, 0.25) is 0 Å². The summed E-state index contributed by atoms with van der Waals surface area (Å²) in [7, 11) is 0. The van der Waals surface area contributed by atoms with E-state index < -0.39 is 0 Å². The molecule has 6 heteroatoms. The summed E-state index contributed by atoms with van der Waals surface area (Å²) >= 11 is 0. The fraction of sp³-hybridized carbons (Fsp3) is 0.235. The third kappa shape index (κ3) is 2.32. The van der Waals surface area contributed by atoms with Gasteiger partial charge in [0.05, 0.1) is 6.04 Å². The smallest absolute Gasteiger partial charge is 0.324 e. The molecule has 23 heavy (non-hydrogen) atoms. The Labute approximate surface area is 133 Å². The summed E-state index contributed by atoms with van der Waals surface area (Å²) in [5.41, 5.74) is 2.33. The molecule has 3 heterocycles. The van der Waals surface area contributed by atoms with E-state index in [4.69, 9.17) is 0 Å². The van der Waals surface area contributed by atoms with E-state index in [0.29, 0.717) is 17.1 Å². The van der Waals surface area contributed by atoms with Gasteiger partial charge in [0.25, 0.3) is 5.91 Å². The third-order valence-corrected chi connectivity index (χ3v) is 4.34. The molecule has 0 aliphatic carbocycles. The van der Waals surface area contributed by atoms with Gasteiger partial charge in [0, 0.05) is 29.6 Å². The SMILES string of the molecule is O=C(Nc1ccccn1)Nc1cccc2c1[C@@H]1CCCN1C2=O. The summed E-state index contributed by atoms with van der Waals surface area (Å²) in [4.78, 5) is 30.5. The van der Waals surface area contributed by atoms with Crippen LogP contribution in [0.3, 0.4) is 0 Å². The second-order valence-corrected chi connectivity index (χ2v) is 5.72. The van der Waals surface area contributed by atoms with Crippen LogP contribution in [0.25, 0.3) is 0 Å². The van der Waals surface area contributed by atoms with Crippen LogP contribution in [0.1, 0.15) is 34.8 Å². The van der Waals surface area contributed by atoms with Gasteiger partial charge in [-0.15, -0.1) is 0 Å². The minimum atomic E-state index is -0.360. The number of aromatic nitrogens is 1. The van der Waals surface area contributed by atoms with Gasteiger partial charge >= 0.3 is 6.03 Å². The molecule has 1 atom stereocenters. The Bertz CT molecular complexity index is 775. The fourth-order valence-electron chi connectivity index (χ4n) is 3.39. The number of pyridine rings is 1. The Hall–Kier alpha value is -2.89. The first-order chi connectivity index (χ1) is 11.2. The van der Waals surface area contributed by atoms with Crippen LogP contribution in [0.5, 0.6) is 0 Å². The maximum Gasteiger partial charge on any atom is 0.324 e. The van der Waals surface area contributed by atoms with E-state index in [2.05, 4.69) is 15.6 Å². The van der Waals surface area contributed by atoms with Crippen molar-refractivity contribution >= 4 is 23.4 Å². The number of hydrogen-bond donors (Lipinski definition) is 2. The summed E-state index contributed by atoms with van der Waals surface area (Å²) in [6, 6.07) is 10.5. The molecule has 2 aliphatic heterocycles. The maximum atomic E-state index is 12.4. The number of hydrogen-bond acceptors (Lipinski definition) is 3. The molecule has 1 aromatic heterocycles. The molecule has 2 aromatic rings. The number of anilines is 2. The average molecular weight is 308 g/mol. The first-order valence-electron chi connectivity index (χ1n) is 7.67. The first-order valence-corrected chi connectivity index (χ1v) is 7.67. The number of carbonyl (C=O) groups excluding carboxylic acids is 2. The van der Waals surface area contributed by atoms with Crippen molar-refractivity contribution in [2.24, 2.45) is 0 Å². The van der Waals surface area contributed by atoms with E-state index in [9.17, 15) is 9.59 Å². The summed E-state index contributed by atoms with van der Waals surface area (Å²) < 4.78 is 0. The number of benzene rings is 1. The summed E-state index contributed by atoms with van der Waals surface area (Å²) in [5, 5.41) is 5.55. The van der Waals surface area contributed by atoms with Gasteiger partial charge in [-0.2, -0.15) is 0 Å². The van der Waals surface area contributed by atoms with Crippen LogP contribution in [0.2, 0.25) is 0 Å². The van der Waals surface area contributed by atoms with E-state index in [-0.39, 0.29) is 18.0 Å². The van der Waals surface area contributed by atoms with Gasteiger partial charge in [-0.3, -0.25) is 10.1 Å². The lowest BCUT2D eigenvalue weighted by Gasteiger charge is -2.17. The summed E-state index contributed by atoms with van der Waals surface area (Å²) in [6.07, 6.45) is 3.56. The van der Waals surface area contributed by atoms with Gasteiger partial charge in [0.15, 0.2) is 0 Å². The monoisotopic (exact) mass is 308 g/mol. The normalized spacial score (nSPS) is 18.5. The molecule has 4 rings (SSSR count). The molecule has 3 amide bonds. The molecule has 1 aromatic carbocycles. The third-order valence-electron chi connectivity index (χ3n) is 4.34. The average Bonchev–Trinajstić information content (AvgIpc) is 3.12. The van der Waals surface area contributed by atoms with Gasteiger partial charge in [-0.1, -0.05) is 12.1 Å². The molecule has 0 saturated carbocycles. The van der Waals surface area contributed by atoms with Crippen molar-refractivity contribution in [3.05, 3.63) is 53.7 Å². The van der Waals surface area contributed by atoms with Crippen LogP contribution in [-0.4, -0.2) is 28.4 Å². The van der Waals surface area contributed by atoms with E-state index in [1.165, 1.54) is 0 Å². The van der Waals surface area contributed by atoms with Crippen molar-refractivity contribution in [3.8, 4) is 0 Å². The predicted octanol–water partition coefficient (Wildman–Crippen LogP) is 3.02. The zero-order valence-electron chi connectivity index (χ0n) is 12.5. The predicted molar refractivity (Wildman–Crippen MR) is 86.3 cm³/mol. The standard InChI is InChI=1S/C17H16N4O2/c22-16-11-5-3-6-12(15(11)13-7-4-10-21(13)16)19-17(23)20-14-8-1-2-9-18-14/h1-3,5-6,8-9,13H,4,7,10H2,(H2,18,19,20,23)/t13-/m0/s1. The quantitative estimate of drug-likeness (QED) is 0.895. The Kier molecular flexibility index (Phi) is 3.22. The highest BCUT2D eigenvalue weighted by Gasteiger charge is 2.41. The van der Waals surface area contributed by atoms with E-state index >= 15 is 0 Å². The van der Waals surface area contributed by atoms with Crippen molar-refractivity contribution in [3.63, 3.8) is 0 Å². The van der Waals surface area contributed by atoms with Crippen molar-refractivity contribution < 1.29 is 9.59 Å². The van der Waals surface area contributed by atoms with Gasteiger partial charge in [-0.05, 0) is 37.1 Å². The summed E-state index contributed by atoms with van der Waals surface area (Å²) in [5.74, 6) is 0.549. The Morgan fingerprint density at radius 3 is 2.91 bits per heavy atom. The molecule has 0 spiro atoms. The molecule has 1 saturated heterocycles. The van der Waals surface area contributed by atoms with Crippen molar-refractivity contribution in [2.45, 2.75) is 18.9 Å². The zero-order valence-corrected chi connectivity index (χ0v) is 12.5. The van der Waals surface area contributed by atoms with Gasteiger partial charge in [0.1, 0.15) is 5.82 Å². The summed E-state index contributed by atoms with van der Waals surface area (Å²) in [6.45, 7) is 0.789. The van der Waals surface area contributed by atoms with Crippen LogP contribution in [0.15, 0.2) is 42.6 Å². The van der Waals surface area contributed by atoms with E-state index in [1.54, 1.807) is 30.5 Å². The number of urea groups is 1. The molecule has 0 unspecified atom stereocenters. The van der Waals surface area contributed by atoms with Crippen molar-refractivity contribution in [1.29, 1.82) is 0 Å². The number of rotatable bonds is 2. The van der Waals surface area contributed by atoms with Crippen LogP contribution < -0.4 is 10.6 Å². The highest BCUT2D eigenvalue weighted by molar-refractivity contribution is 6.05. The molecule has 2 aliphatic rings.